The van der Waals surface area contributed by atoms with E-state index in [0.717, 1.165) is 36.8 Å². The smallest absolute Gasteiger partial charge is 0.175 e. The van der Waals surface area contributed by atoms with Crippen molar-refractivity contribution in [1.29, 1.82) is 0 Å². The highest BCUT2D eigenvalue weighted by molar-refractivity contribution is 7.90. The summed E-state index contributed by atoms with van der Waals surface area (Å²) in [6.07, 6.45) is 6.79. The van der Waals surface area contributed by atoms with Crippen LogP contribution in [0.15, 0.2) is 23.1 Å². The molecular formula is C14H21NO2S. The minimum absolute atomic E-state index is 0.265. The van der Waals surface area contributed by atoms with Crippen LogP contribution in [0.1, 0.15) is 43.2 Å². The Kier molecular flexibility index (Phi) is 3.52. The number of sulfone groups is 1. The third-order valence-corrected chi connectivity index (χ3v) is 5.15. The molecule has 0 saturated heterocycles. The van der Waals surface area contributed by atoms with Gasteiger partial charge < -0.3 is 5.73 Å². The Morgan fingerprint density at radius 3 is 2.28 bits per heavy atom. The van der Waals surface area contributed by atoms with Gasteiger partial charge in [0.25, 0.3) is 0 Å². The van der Waals surface area contributed by atoms with Gasteiger partial charge in [-0.3, -0.25) is 0 Å². The van der Waals surface area contributed by atoms with Crippen LogP contribution in [-0.4, -0.2) is 14.7 Å². The summed E-state index contributed by atoms with van der Waals surface area (Å²) in [5.41, 5.74) is 8.07. The standard InChI is InChI=1S/C14H21NO2S/c1-11-10-12(6-7-13(11)18(2,16)17)14(15)8-4-3-5-9-14/h6-7,10H,3-5,8-9,15H2,1-2H3. The van der Waals surface area contributed by atoms with Crippen LogP contribution in [-0.2, 0) is 15.4 Å². The van der Waals surface area contributed by atoms with E-state index in [0.29, 0.717) is 4.90 Å². The normalized spacial score (nSPS) is 19.7. The predicted octanol–water partition coefficient (Wildman–Crippen LogP) is 2.52. The molecule has 1 aliphatic carbocycles. The third-order valence-electron chi connectivity index (χ3n) is 3.90. The molecular weight excluding hydrogens is 246 g/mol. The van der Waals surface area contributed by atoms with E-state index in [1.807, 2.05) is 19.1 Å². The molecule has 100 valence electrons. The van der Waals surface area contributed by atoms with Gasteiger partial charge in [0.15, 0.2) is 9.84 Å². The van der Waals surface area contributed by atoms with E-state index >= 15 is 0 Å². The summed E-state index contributed by atoms with van der Waals surface area (Å²) in [6.45, 7) is 1.84. The van der Waals surface area contributed by atoms with Crippen LogP contribution in [0.3, 0.4) is 0 Å². The van der Waals surface area contributed by atoms with Crippen molar-refractivity contribution >= 4 is 9.84 Å². The van der Waals surface area contributed by atoms with Crippen LogP contribution in [0, 0.1) is 6.92 Å². The molecule has 4 heteroatoms. The SMILES string of the molecule is Cc1cc(C2(N)CCCCC2)ccc1S(C)(=O)=O. The number of hydrogen-bond donors (Lipinski definition) is 1. The van der Waals surface area contributed by atoms with E-state index in [-0.39, 0.29) is 5.54 Å². The van der Waals surface area contributed by atoms with Crippen LogP contribution in [0.2, 0.25) is 0 Å². The predicted molar refractivity (Wildman–Crippen MR) is 73.2 cm³/mol. The first-order valence-corrected chi connectivity index (χ1v) is 8.32. The first-order valence-electron chi connectivity index (χ1n) is 6.43. The second kappa shape index (κ2) is 4.67. The Morgan fingerprint density at radius 1 is 1.17 bits per heavy atom. The van der Waals surface area contributed by atoms with Gasteiger partial charge in [-0.2, -0.15) is 0 Å². The molecule has 1 aliphatic rings. The van der Waals surface area contributed by atoms with Gasteiger partial charge in [0, 0.05) is 11.8 Å². The molecule has 0 heterocycles. The summed E-state index contributed by atoms with van der Waals surface area (Å²) in [6, 6.07) is 5.53. The molecule has 1 saturated carbocycles. The monoisotopic (exact) mass is 267 g/mol. The third kappa shape index (κ3) is 2.59. The first kappa shape index (κ1) is 13.6. The molecule has 0 atom stereocenters. The largest absolute Gasteiger partial charge is 0.321 e. The number of aryl methyl sites for hydroxylation is 1. The molecule has 1 fully saturated rings. The van der Waals surface area contributed by atoms with Crippen molar-refractivity contribution < 1.29 is 8.42 Å². The number of rotatable bonds is 2. The summed E-state index contributed by atoms with van der Waals surface area (Å²) in [4.78, 5) is 0.408. The molecule has 1 aromatic rings. The Balaban J connectivity index is 2.40. The highest BCUT2D eigenvalue weighted by atomic mass is 32.2. The maximum Gasteiger partial charge on any atom is 0.175 e. The van der Waals surface area contributed by atoms with Gasteiger partial charge in [0.05, 0.1) is 4.90 Å². The fourth-order valence-electron chi connectivity index (χ4n) is 2.85. The van der Waals surface area contributed by atoms with Gasteiger partial charge in [0.1, 0.15) is 0 Å². The van der Waals surface area contributed by atoms with Crippen LogP contribution >= 0.6 is 0 Å². The Morgan fingerprint density at radius 2 is 1.78 bits per heavy atom. The average Bonchev–Trinajstić information content (AvgIpc) is 2.28. The lowest BCUT2D eigenvalue weighted by atomic mass is 9.77. The van der Waals surface area contributed by atoms with E-state index in [1.165, 1.54) is 12.7 Å². The van der Waals surface area contributed by atoms with Crippen LogP contribution in [0.25, 0.3) is 0 Å². The van der Waals surface area contributed by atoms with Gasteiger partial charge in [0.2, 0.25) is 0 Å². The van der Waals surface area contributed by atoms with Crippen molar-refractivity contribution in [3.05, 3.63) is 29.3 Å². The van der Waals surface area contributed by atoms with Gasteiger partial charge in [-0.05, 0) is 37.0 Å². The van der Waals surface area contributed by atoms with Crippen LogP contribution in [0.5, 0.6) is 0 Å². The molecule has 2 rings (SSSR count). The van der Waals surface area contributed by atoms with Crippen molar-refractivity contribution in [3.8, 4) is 0 Å². The molecule has 0 unspecified atom stereocenters. The Hall–Kier alpha value is -0.870. The number of benzene rings is 1. The maximum atomic E-state index is 11.6. The zero-order chi connectivity index (χ0) is 13.4. The first-order chi connectivity index (χ1) is 8.33. The number of nitrogens with two attached hydrogens (primary N) is 1. The molecule has 0 spiro atoms. The van der Waals surface area contributed by atoms with Gasteiger partial charge in [-0.1, -0.05) is 31.4 Å². The minimum Gasteiger partial charge on any atom is -0.321 e. The lowest BCUT2D eigenvalue weighted by molar-refractivity contribution is 0.302. The van der Waals surface area contributed by atoms with E-state index in [4.69, 9.17) is 5.73 Å². The van der Waals surface area contributed by atoms with Crippen LogP contribution in [0.4, 0.5) is 0 Å². The Labute approximate surface area is 109 Å². The second-order valence-electron chi connectivity index (χ2n) is 5.47. The minimum atomic E-state index is -3.14. The Bertz CT molecular complexity index is 543. The zero-order valence-electron chi connectivity index (χ0n) is 11.1. The molecule has 0 aliphatic heterocycles. The topological polar surface area (TPSA) is 60.2 Å². The van der Waals surface area contributed by atoms with Crippen molar-refractivity contribution in [2.45, 2.75) is 49.5 Å². The summed E-state index contributed by atoms with van der Waals surface area (Å²) in [5.74, 6) is 0. The summed E-state index contributed by atoms with van der Waals surface area (Å²) >= 11 is 0. The lowest BCUT2D eigenvalue weighted by Gasteiger charge is -2.34. The fourth-order valence-corrected chi connectivity index (χ4v) is 3.81. The summed E-state index contributed by atoms with van der Waals surface area (Å²) in [5, 5.41) is 0. The fraction of sp³-hybridized carbons (Fsp3) is 0.571. The number of hydrogen-bond acceptors (Lipinski definition) is 3. The van der Waals surface area contributed by atoms with Gasteiger partial charge >= 0.3 is 0 Å². The van der Waals surface area contributed by atoms with Crippen molar-refractivity contribution in [2.24, 2.45) is 5.73 Å². The molecule has 1 aromatic carbocycles. The molecule has 18 heavy (non-hydrogen) atoms. The van der Waals surface area contributed by atoms with Gasteiger partial charge in [-0.25, -0.2) is 8.42 Å². The van der Waals surface area contributed by atoms with Crippen molar-refractivity contribution in [2.75, 3.05) is 6.26 Å². The zero-order valence-corrected chi connectivity index (χ0v) is 11.9. The summed E-state index contributed by atoms with van der Waals surface area (Å²) < 4.78 is 23.2. The highest BCUT2D eigenvalue weighted by Crippen LogP contribution is 2.35. The van der Waals surface area contributed by atoms with E-state index in [9.17, 15) is 8.42 Å². The summed E-state index contributed by atoms with van der Waals surface area (Å²) in [7, 11) is -3.14. The molecule has 0 bridgehead atoms. The molecule has 0 aromatic heterocycles. The quantitative estimate of drug-likeness (QED) is 0.895. The average molecular weight is 267 g/mol. The lowest BCUT2D eigenvalue weighted by Crippen LogP contribution is -2.38. The molecule has 3 nitrogen and oxygen atoms in total. The highest BCUT2D eigenvalue weighted by Gasteiger charge is 2.29. The van der Waals surface area contributed by atoms with Crippen molar-refractivity contribution in [3.63, 3.8) is 0 Å². The molecule has 0 amide bonds. The van der Waals surface area contributed by atoms with Gasteiger partial charge in [-0.15, -0.1) is 0 Å². The van der Waals surface area contributed by atoms with E-state index in [2.05, 4.69) is 0 Å². The van der Waals surface area contributed by atoms with E-state index in [1.54, 1.807) is 6.07 Å². The molecule has 2 N–H and O–H groups in total. The van der Waals surface area contributed by atoms with Crippen LogP contribution < -0.4 is 5.73 Å². The maximum absolute atomic E-state index is 11.6. The molecule has 0 radical (unpaired) electrons. The second-order valence-corrected chi connectivity index (χ2v) is 7.45. The van der Waals surface area contributed by atoms with E-state index < -0.39 is 9.84 Å². The van der Waals surface area contributed by atoms with Crippen molar-refractivity contribution in [1.82, 2.24) is 0 Å².